The number of aromatic nitrogens is 4. The number of aryl methyl sites for hydroxylation is 1. The van der Waals surface area contributed by atoms with Crippen LogP contribution in [0.3, 0.4) is 0 Å². The Morgan fingerprint density at radius 2 is 2.13 bits per heavy atom. The van der Waals surface area contributed by atoms with E-state index in [4.69, 9.17) is 12.2 Å². The molecular formula is C21H20N6O2S2. The molecule has 158 valence electrons. The molecule has 8 nitrogen and oxygen atoms in total. The molecule has 1 aliphatic rings. The van der Waals surface area contributed by atoms with Crippen LogP contribution in [0.2, 0.25) is 0 Å². The molecule has 1 aliphatic heterocycles. The van der Waals surface area contributed by atoms with Crippen LogP contribution in [0, 0.1) is 0 Å². The molecule has 0 unspecified atom stereocenters. The van der Waals surface area contributed by atoms with Gasteiger partial charge in [0.15, 0.2) is 0 Å². The van der Waals surface area contributed by atoms with Crippen molar-refractivity contribution in [3.8, 4) is 0 Å². The largest absolute Gasteiger partial charge is 0.369 e. The van der Waals surface area contributed by atoms with Crippen LogP contribution in [0.1, 0.15) is 12.0 Å². The zero-order chi connectivity index (χ0) is 21.8. The van der Waals surface area contributed by atoms with Gasteiger partial charge in [-0.25, -0.2) is 9.97 Å². The van der Waals surface area contributed by atoms with Crippen LogP contribution in [-0.4, -0.2) is 47.2 Å². The molecule has 0 bridgehead atoms. The monoisotopic (exact) mass is 452 g/mol. The Labute approximate surface area is 188 Å². The minimum atomic E-state index is -0.253. The van der Waals surface area contributed by atoms with Gasteiger partial charge in [0.25, 0.3) is 11.5 Å². The van der Waals surface area contributed by atoms with Crippen molar-refractivity contribution >= 4 is 51.7 Å². The molecule has 0 atom stereocenters. The molecule has 1 amide bonds. The standard InChI is InChI=1S/C21H20N6O2S2/c1-2-9-27-20(29)16(31-21(27)30)13-15-18(23-7-5-10-25-12-8-22-14-25)24-17-6-3-4-11-26(17)19(15)28/h2-4,6,8,11-14,23H,1,5,7,9-10H2/b16-13+. The van der Waals surface area contributed by atoms with Crippen LogP contribution in [-0.2, 0) is 11.3 Å². The first-order valence-electron chi connectivity index (χ1n) is 9.66. The van der Waals surface area contributed by atoms with Gasteiger partial charge >= 0.3 is 0 Å². The summed E-state index contributed by atoms with van der Waals surface area (Å²) in [6.45, 7) is 5.38. The van der Waals surface area contributed by atoms with E-state index in [-0.39, 0.29) is 11.5 Å². The minimum Gasteiger partial charge on any atom is -0.369 e. The maximum atomic E-state index is 13.2. The number of fused-ring (bicyclic) bond motifs is 1. The summed E-state index contributed by atoms with van der Waals surface area (Å²) in [5.74, 6) is 0.203. The molecule has 3 aromatic heterocycles. The summed E-state index contributed by atoms with van der Waals surface area (Å²) in [7, 11) is 0. The summed E-state index contributed by atoms with van der Waals surface area (Å²) in [5.41, 5.74) is 0.600. The van der Waals surface area contributed by atoms with Crippen molar-refractivity contribution in [1.29, 1.82) is 0 Å². The van der Waals surface area contributed by atoms with Crippen molar-refractivity contribution in [2.24, 2.45) is 0 Å². The summed E-state index contributed by atoms with van der Waals surface area (Å²) < 4.78 is 3.89. The zero-order valence-electron chi connectivity index (χ0n) is 16.6. The number of nitrogens with one attached hydrogen (secondary N) is 1. The summed E-state index contributed by atoms with van der Waals surface area (Å²) in [4.78, 5) is 36.4. The second-order valence-corrected chi connectivity index (χ2v) is 8.45. The number of thiocarbonyl (C=S) groups is 1. The number of amides is 1. The fourth-order valence-electron chi connectivity index (χ4n) is 3.17. The van der Waals surface area contributed by atoms with Crippen LogP contribution in [0.5, 0.6) is 0 Å². The highest BCUT2D eigenvalue weighted by Crippen LogP contribution is 2.32. The molecule has 31 heavy (non-hydrogen) atoms. The van der Waals surface area contributed by atoms with Gasteiger partial charge in [0.05, 0.1) is 16.8 Å². The van der Waals surface area contributed by atoms with E-state index in [0.29, 0.717) is 39.3 Å². The Morgan fingerprint density at radius 1 is 1.26 bits per heavy atom. The van der Waals surface area contributed by atoms with Gasteiger partial charge in [0.1, 0.15) is 15.8 Å². The van der Waals surface area contributed by atoms with E-state index in [1.165, 1.54) is 21.1 Å². The SMILES string of the molecule is C=CCN1C(=O)/C(=C\c2c(NCCCn3ccnc3)nc3ccccn3c2=O)SC1=S. The second kappa shape index (κ2) is 9.27. The number of hydrogen-bond acceptors (Lipinski definition) is 7. The number of hydrogen-bond donors (Lipinski definition) is 1. The quantitative estimate of drug-likeness (QED) is 0.243. The molecular weight excluding hydrogens is 432 g/mol. The summed E-state index contributed by atoms with van der Waals surface area (Å²) in [6, 6.07) is 5.36. The topological polar surface area (TPSA) is 84.5 Å². The Morgan fingerprint density at radius 3 is 2.90 bits per heavy atom. The number of carbonyl (C=O) groups is 1. The van der Waals surface area contributed by atoms with Crippen molar-refractivity contribution in [2.45, 2.75) is 13.0 Å². The molecule has 4 heterocycles. The molecule has 0 aliphatic carbocycles. The lowest BCUT2D eigenvalue weighted by molar-refractivity contribution is -0.121. The van der Waals surface area contributed by atoms with Gasteiger partial charge < -0.3 is 9.88 Å². The third-order valence-corrected chi connectivity index (χ3v) is 6.05. The number of anilines is 1. The van der Waals surface area contributed by atoms with Gasteiger partial charge in [-0.1, -0.05) is 36.1 Å². The predicted octanol–water partition coefficient (Wildman–Crippen LogP) is 2.78. The molecule has 0 aromatic carbocycles. The minimum absolute atomic E-state index is 0.237. The first-order chi connectivity index (χ1) is 15.1. The number of carbonyl (C=O) groups excluding carboxylic acids is 1. The van der Waals surface area contributed by atoms with Crippen LogP contribution in [0.4, 0.5) is 5.82 Å². The number of thioether (sulfide) groups is 1. The summed E-state index contributed by atoms with van der Waals surface area (Å²) >= 11 is 6.47. The predicted molar refractivity (Wildman–Crippen MR) is 127 cm³/mol. The zero-order valence-corrected chi connectivity index (χ0v) is 18.2. The third kappa shape index (κ3) is 4.44. The van der Waals surface area contributed by atoms with Crippen molar-refractivity contribution in [1.82, 2.24) is 23.8 Å². The van der Waals surface area contributed by atoms with Crippen LogP contribution < -0.4 is 10.9 Å². The Bertz CT molecular complexity index is 1230. The highest BCUT2D eigenvalue weighted by molar-refractivity contribution is 8.26. The van der Waals surface area contributed by atoms with Crippen molar-refractivity contribution < 1.29 is 4.79 Å². The van der Waals surface area contributed by atoms with Gasteiger partial charge in [0, 0.05) is 38.2 Å². The first kappa shape index (κ1) is 21.0. The van der Waals surface area contributed by atoms with E-state index in [2.05, 4.69) is 21.9 Å². The fraction of sp³-hybridized carbons (Fsp3) is 0.190. The molecule has 10 heteroatoms. The Hall–Kier alpha value is -3.24. The third-order valence-electron chi connectivity index (χ3n) is 4.67. The highest BCUT2D eigenvalue weighted by Gasteiger charge is 2.31. The molecule has 0 saturated carbocycles. The highest BCUT2D eigenvalue weighted by atomic mass is 32.2. The summed E-state index contributed by atoms with van der Waals surface area (Å²) in [5, 5.41) is 3.26. The van der Waals surface area contributed by atoms with E-state index >= 15 is 0 Å². The molecule has 0 spiro atoms. The van der Waals surface area contributed by atoms with E-state index in [0.717, 1.165) is 13.0 Å². The Kier molecular flexibility index (Phi) is 6.28. The van der Waals surface area contributed by atoms with E-state index in [1.807, 2.05) is 16.8 Å². The molecule has 0 radical (unpaired) electrons. The van der Waals surface area contributed by atoms with Crippen molar-refractivity contribution in [3.05, 3.63) is 76.6 Å². The fourth-order valence-corrected chi connectivity index (χ4v) is 4.43. The van der Waals surface area contributed by atoms with E-state index in [1.54, 1.807) is 43.0 Å². The molecule has 3 aromatic rings. The molecule has 1 fully saturated rings. The normalized spacial score (nSPS) is 15.2. The average Bonchev–Trinajstić information content (AvgIpc) is 3.38. The van der Waals surface area contributed by atoms with Gasteiger partial charge in [0.2, 0.25) is 0 Å². The lowest BCUT2D eigenvalue weighted by atomic mass is 10.2. The van der Waals surface area contributed by atoms with Crippen LogP contribution in [0.15, 0.2) is 65.5 Å². The number of nitrogens with zero attached hydrogens (tertiary/aromatic N) is 5. The van der Waals surface area contributed by atoms with Gasteiger partial charge in [-0.05, 0) is 24.6 Å². The van der Waals surface area contributed by atoms with Gasteiger partial charge in [-0.2, -0.15) is 0 Å². The maximum Gasteiger partial charge on any atom is 0.267 e. The smallest absolute Gasteiger partial charge is 0.267 e. The van der Waals surface area contributed by atoms with Crippen LogP contribution in [0.25, 0.3) is 11.7 Å². The van der Waals surface area contributed by atoms with Crippen LogP contribution >= 0.6 is 24.0 Å². The van der Waals surface area contributed by atoms with Crippen molar-refractivity contribution in [2.75, 3.05) is 18.4 Å². The molecule has 1 saturated heterocycles. The lowest BCUT2D eigenvalue weighted by Crippen LogP contribution is -2.28. The molecule has 1 N–H and O–H groups in total. The maximum absolute atomic E-state index is 13.2. The second-order valence-electron chi connectivity index (χ2n) is 6.77. The first-order valence-corrected chi connectivity index (χ1v) is 10.9. The van der Waals surface area contributed by atoms with E-state index < -0.39 is 0 Å². The van der Waals surface area contributed by atoms with Crippen molar-refractivity contribution in [3.63, 3.8) is 0 Å². The summed E-state index contributed by atoms with van der Waals surface area (Å²) in [6.07, 6.45) is 11.1. The van der Waals surface area contributed by atoms with Gasteiger partial charge in [-0.15, -0.1) is 6.58 Å². The van der Waals surface area contributed by atoms with Gasteiger partial charge in [-0.3, -0.25) is 18.9 Å². The number of imidazole rings is 1. The lowest BCUT2D eigenvalue weighted by Gasteiger charge is -2.12. The Balaban J connectivity index is 1.66. The number of pyridine rings is 1. The van der Waals surface area contributed by atoms with E-state index in [9.17, 15) is 9.59 Å². The number of rotatable bonds is 8. The molecule has 4 rings (SSSR count). The average molecular weight is 453 g/mol.